The van der Waals surface area contributed by atoms with Crippen LogP contribution in [0.4, 0.5) is 0 Å². The lowest BCUT2D eigenvalue weighted by molar-refractivity contribution is -0.159. The van der Waals surface area contributed by atoms with Gasteiger partial charge in [0.2, 0.25) is 5.91 Å². The number of nitrogens with zero attached hydrogens (tertiary/aromatic N) is 1. The van der Waals surface area contributed by atoms with Gasteiger partial charge in [-0.15, -0.1) is 0 Å². The minimum absolute atomic E-state index is 0.237. The predicted molar refractivity (Wildman–Crippen MR) is 47.6 cm³/mol. The van der Waals surface area contributed by atoms with Gasteiger partial charge in [-0.3, -0.25) is 4.79 Å². The second kappa shape index (κ2) is 7.99. The van der Waals surface area contributed by atoms with Gasteiger partial charge in [-0.05, 0) is 14.1 Å². The van der Waals surface area contributed by atoms with E-state index in [0.29, 0.717) is 6.42 Å². The average Bonchev–Trinajstić information content (AvgIpc) is 2.01. The molecular formula is C7H14N2O5. The standard InChI is InChI=1S/C5H12N2O.C2H2O4/c1-7(2)4-3-5(6)8;3-1(4)2(5)6/h3-4H2,1-2H3,(H2,6,8);(H,3,4)(H,5,6). The van der Waals surface area contributed by atoms with Crippen molar-refractivity contribution in [3.8, 4) is 0 Å². The molecule has 0 fully saturated rings. The first-order chi connectivity index (χ1) is 6.27. The third-order valence-corrected chi connectivity index (χ3v) is 0.988. The Kier molecular flexibility index (Phi) is 8.49. The summed E-state index contributed by atoms with van der Waals surface area (Å²) in [6, 6.07) is 0. The van der Waals surface area contributed by atoms with Gasteiger partial charge < -0.3 is 20.8 Å². The average molecular weight is 206 g/mol. The zero-order chi connectivity index (χ0) is 11.7. The summed E-state index contributed by atoms with van der Waals surface area (Å²) >= 11 is 0. The smallest absolute Gasteiger partial charge is 0.414 e. The molecule has 7 nitrogen and oxygen atoms in total. The molecular weight excluding hydrogens is 192 g/mol. The van der Waals surface area contributed by atoms with E-state index in [0.717, 1.165) is 6.54 Å². The van der Waals surface area contributed by atoms with Crippen molar-refractivity contribution in [2.75, 3.05) is 20.6 Å². The minimum atomic E-state index is -1.82. The molecule has 0 atom stereocenters. The first-order valence-electron chi connectivity index (χ1n) is 3.66. The highest BCUT2D eigenvalue weighted by Crippen LogP contribution is 1.78. The molecule has 0 saturated carbocycles. The fourth-order valence-electron chi connectivity index (χ4n) is 0.334. The summed E-state index contributed by atoms with van der Waals surface area (Å²) in [4.78, 5) is 30.2. The number of hydrogen-bond acceptors (Lipinski definition) is 4. The summed E-state index contributed by atoms with van der Waals surface area (Å²) in [5.74, 6) is -3.89. The van der Waals surface area contributed by atoms with Crippen LogP contribution in [0, 0.1) is 0 Å². The fraction of sp³-hybridized carbons (Fsp3) is 0.571. The SMILES string of the molecule is CN(C)CCC(N)=O.O=C(O)C(=O)O. The number of carbonyl (C=O) groups excluding carboxylic acids is 1. The molecule has 1 amide bonds. The second-order valence-corrected chi connectivity index (χ2v) is 2.63. The monoisotopic (exact) mass is 206 g/mol. The second-order valence-electron chi connectivity index (χ2n) is 2.63. The quantitative estimate of drug-likeness (QED) is 0.487. The Bertz CT molecular complexity index is 202. The van der Waals surface area contributed by atoms with Crippen LogP contribution in [-0.2, 0) is 14.4 Å². The van der Waals surface area contributed by atoms with Gasteiger partial charge in [0.15, 0.2) is 0 Å². The Hall–Kier alpha value is -1.63. The number of rotatable bonds is 3. The third kappa shape index (κ3) is 16.8. The van der Waals surface area contributed by atoms with Crippen LogP contribution in [0.3, 0.4) is 0 Å². The molecule has 0 heterocycles. The molecule has 0 aliphatic heterocycles. The molecule has 0 bridgehead atoms. The van der Waals surface area contributed by atoms with E-state index in [-0.39, 0.29) is 5.91 Å². The van der Waals surface area contributed by atoms with Crippen LogP contribution in [0.25, 0.3) is 0 Å². The van der Waals surface area contributed by atoms with Crippen molar-refractivity contribution in [3.05, 3.63) is 0 Å². The lowest BCUT2D eigenvalue weighted by atomic mass is 10.4. The van der Waals surface area contributed by atoms with E-state index < -0.39 is 11.9 Å². The molecule has 0 unspecified atom stereocenters. The summed E-state index contributed by atoms with van der Waals surface area (Å²) in [6.45, 7) is 0.745. The first kappa shape index (κ1) is 14.9. The number of carboxylic acids is 2. The van der Waals surface area contributed by atoms with Crippen LogP contribution in [0.5, 0.6) is 0 Å². The van der Waals surface area contributed by atoms with E-state index in [1.807, 2.05) is 19.0 Å². The van der Waals surface area contributed by atoms with E-state index >= 15 is 0 Å². The van der Waals surface area contributed by atoms with Crippen LogP contribution in [-0.4, -0.2) is 53.6 Å². The topological polar surface area (TPSA) is 121 Å². The van der Waals surface area contributed by atoms with Crippen molar-refractivity contribution in [2.24, 2.45) is 5.73 Å². The molecule has 0 aromatic heterocycles. The van der Waals surface area contributed by atoms with Gasteiger partial charge in [0.25, 0.3) is 0 Å². The molecule has 4 N–H and O–H groups in total. The van der Waals surface area contributed by atoms with Crippen LogP contribution in [0.1, 0.15) is 6.42 Å². The maximum Gasteiger partial charge on any atom is 0.414 e. The number of hydrogen-bond donors (Lipinski definition) is 3. The van der Waals surface area contributed by atoms with Crippen molar-refractivity contribution >= 4 is 17.8 Å². The zero-order valence-electron chi connectivity index (χ0n) is 8.06. The van der Waals surface area contributed by atoms with Gasteiger partial charge >= 0.3 is 11.9 Å². The number of primary amides is 1. The van der Waals surface area contributed by atoms with Crippen molar-refractivity contribution < 1.29 is 24.6 Å². The lowest BCUT2D eigenvalue weighted by Crippen LogP contribution is -2.20. The molecule has 0 aromatic rings. The maximum absolute atomic E-state index is 10.1. The molecule has 0 aliphatic carbocycles. The normalized spacial score (nSPS) is 8.79. The molecule has 0 rings (SSSR count). The largest absolute Gasteiger partial charge is 0.473 e. The molecule has 0 aliphatic rings. The van der Waals surface area contributed by atoms with Crippen LogP contribution < -0.4 is 5.73 Å². The van der Waals surface area contributed by atoms with E-state index in [4.69, 9.17) is 25.5 Å². The number of amides is 1. The summed E-state index contributed by atoms with van der Waals surface area (Å²) in [5, 5.41) is 14.8. The summed E-state index contributed by atoms with van der Waals surface area (Å²) < 4.78 is 0. The van der Waals surface area contributed by atoms with E-state index in [1.165, 1.54) is 0 Å². The number of nitrogens with two attached hydrogens (primary N) is 1. The summed E-state index contributed by atoms with van der Waals surface area (Å²) in [7, 11) is 3.81. The first-order valence-corrected chi connectivity index (χ1v) is 3.66. The lowest BCUT2D eigenvalue weighted by Gasteiger charge is -2.05. The molecule has 7 heteroatoms. The highest BCUT2D eigenvalue weighted by Gasteiger charge is 2.04. The van der Waals surface area contributed by atoms with Crippen molar-refractivity contribution in [1.29, 1.82) is 0 Å². The van der Waals surface area contributed by atoms with Gasteiger partial charge in [0, 0.05) is 13.0 Å². The van der Waals surface area contributed by atoms with Crippen molar-refractivity contribution in [2.45, 2.75) is 6.42 Å². The molecule has 82 valence electrons. The molecule has 0 saturated heterocycles. The van der Waals surface area contributed by atoms with Gasteiger partial charge in [-0.1, -0.05) is 0 Å². The molecule has 0 aromatic carbocycles. The van der Waals surface area contributed by atoms with Gasteiger partial charge in [0.1, 0.15) is 0 Å². The maximum atomic E-state index is 10.1. The van der Waals surface area contributed by atoms with Gasteiger partial charge in [-0.2, -0.15) is 0 Å². The van der Waals surface area contributed by atoms with Crippen LogP contribution in [0.15, 0.2) is 0 Å². The fourth-order valence-corrected chi connectivity index (χ4v) is 0.334. The minimum Gasteiger partial charge on any atom is -0.473 e. The van der Waals surface area contributed by atoms with Crippen molar-refractivity contribution in [1.82, 2.24) is 4.90 Å². The molecule has 0 spiro atoms. The molecule has 0 radical (unpaired) electrons. The van der Waals surface area contributed by atoms with Crippen molar-refractivity contribution in [3.63, 3.8) is 0 Å². The van der Waals surface area contributed by atoms with E-state index in [1.54, 1.807) is 0 Å². The van der Waals surface area contributed by atoms with Crippen LogP contribution >= 0.6 is 0 Å². The number of carboxylic acid groups (broad SMARTS) is 2. The van der Waals surface area contributed by atoms with E-state index in [9.17, 15) is 4.79 Å². The summed E-state index contributed by atoms with van der Waals surface area (Å²) in [5.41, 5.74) is 4.88. The number of carbonyl (C=O) groups is 3. The highest BCUT2D eigenvalue weighted by molar-refractivity contribution is 6.27. The summed E-state index contributed by atoms with van der Waals surface area (Å²) in [6.07, 6.45) is 0.451. The Morgan fingerprint density at radius 1 is 1.14 bits per heavy atom. The third-order valence-electron chi connectivity index (χ3n) is 0.988. The predicted octanol–water partition coefficient (Wildman–Crippen LogP) is -1.42. The number of aliphatic carboxylic acids is 2. The van der Waals surface area contributed by atoms with Gasteiger partial charge in [-0.25, -0.2) is 9.59 Å². The Balaban J connectivity index is 0. The Labute approximate surface area is 81.1 Å². The highest BCUT2D eigenvalue weighted by atomic mass is 16.4. The Morgan fingerprint density at radius 2 is 1.50 bits per heavy atom. The van der Waals surface area contributed by atoms with E-state index in [2.05, 4.69) is 0 Å². The Morgan fingerprint density at radius 3 is 1.57 bits per heavy atom. The van der Waals surface area contributed by atoms with Gasteiger partial charge in [0.05, 0.1) is 0 Å². The molecule has 14 heavy (non-hydrogen) atoms. The zero-order valence-corrected chi connectivity index (χ0v) is 8.06. The van der Waals surface area contributed by atoms with Crippen LogP contribution in [0.2, 0.25) is 0 Å².